The lowest BCUT2D eigenvalue weighted by molar-refractivity contribution is -0.142. The van der Waals surface area contributed by atoms with Gasteiger partial charge in [-0.15, -0.1) is 0 Å². The number of rotatable bonds is 6. The first-order valence-corrected chi connectivity index (χ1v) is 17.9. The van der Waals surface area contributed by atoms with Crippen LogP contribution in [0.15, 0.2) is 54.9 Å². The second kappa shape index (κ2) is 17.3. The van der Waals surface area contributed by atoms with E-state index in [2.05, 4.69) is 36.6 Å². The van der Waals surface area contributed by atoms with Crippen molar-refractivity contribution >= 4 is 46.3 Å². The van der Waals surface area contributed by atoms with Crippen LogP contribution in [0, 0.1) is 5.92 Å². The topological polar surface area (TPSA) is 215 Å². The third-order valence-corrected chi connectivity index (χ3v) is 9.41. The van der Waals surface area contributed by atoms with Crippen LogP contribution >= 0.6 is 0 Å². The summed E-state index contributed by atoms with van der Waals surface area (Å²) >= 11 is 0. The van der Waals surface area contributed by atoms with Gasteiger partial charge in [-0.25, -0.2) is 0 Å². The van der Waals surface area contributed by atoms with Gasteiger partial charge in [0.25, 0.3) is 5.91 Å². The van der Waals surface area contributed by atoms with E-state index in [0.717, 1.165) is 16.5 Å². The zero-order valence-corrected chi connectivity index (χ0v) is 29.7. The van der Waals surface area contributed by atoms with Gasteiger partial charge in [0, 0.05) is 49.2 Å². The lowest BCUT2D eigenvalue weighted by Gasteiger charge is -2.30. The molecule has 0 aliphatic carbocycles. The average Bonchev–Trinajstić information content (AvgIpc) is 3.72. The fourth-order valence-corrected chi connectivity index (χ4v) is 6.68. The normalized spacial score (nSPS) is 25.6. The lowest BCUT2D eigenvalue weighted by Crippen LogP contribution is -2.59. The molecule has 3 aromatic rings. The first kappa shape index (κ1) is 37.9. The summed E-state index contributed by atoms with van der Waals surface area (Å²) in [6.45, 7) is 5.43. The Morgan fingerprint density at radius 2 is 1.69 bits per heavy atom. The van der Waals surface area contributed by atoms with Crippen LogP contribution in [0.2, 0.25) is 0 Å². The first-order valence-electron chi connectivity index (χ1n) is 17.9. The van der Waals surface area contributed by atoms with Gasteiger partial charge < -0.3 is 41.6 Å². The van der Waals surface area contributed by atoms with Gasteiger partial charge in [0.1, 0.15) is 35.9 Å². The highest BCUT2D eigenvalue weighted by Crippen LogP contribution is 2.23. The summed E-state index contributed by atoms with van der Waals surface area (Å²) in [5.41, 5.74) is 1.70. The maximum absolute atomic E-state index is 14.1. The van der Waals surface area contributed by atoms with E-state index in [1.54, 1.807) is 18.3 Å². The number of benzene rings is 1. The van der Waals surface area contributed by atoms with Crippen LogP contribution in [-0.2, 0) is 30.4 Å². The number of aromatic amines is 1. The Balaban J connectivity index is 1.45. The van der Waals surface area contributed by atoms with Gasteiger partial charge in [0.2, 0.25) is 29.5 Å². The van der Waals surface area contributed by atoms with Gasteiger partial charge in [-0.05, 0) is 62.3 Å². The van der Waals surface area contributed by atoms with Crippen molar-refractivity contribution in [1.82, 2.24) is 41.5 Å². The van der Waals surface area contributed by atoms with E-state index >= 15 is 0 Å². The Labute approximate surface area is 302 Å². The molecular formula is C37H48N8O7. The molecule has 0 radical (unpaired) electrons. The number of fused-ring (bicyclic) bond motifs is 2. The molecule has 15 heteroatoms. The van der Waals surface area contributed by atoms with Gasteiger partial charge in [-0.1, -0.05) is 38.1 Å². The Bertz CT molecular complexity index is 1760. The Morgan fingerprint density at radius 1 is 0.942 bits per heavy atom. The molecule has 15 nitrogen and oxygen atoms in total. The molecule has 52 heavy (non-hydrogen) atoms. The fraction of sp³-hybridized carbons (Fsp3) is 0.486. The number of hydrogen-bond donors (Lipinski definition) is 7. The zero-order chi connectivity index (χ0) is 37.4. The van der Waals surface area contributed by atoms with E-state index in [1.165, 1.54) is 24.1 Å². The van der Waals surface area contributed by atoms with E-state index in [-0.39, 0.29) is 50.4 Å². The summed E-state index contributed by atoms with van der Waals surface area (Å²) in [5.74, 6) is -3.42. The van der Waals surface area contributed by atoms with E-state index in [4.69, 9.17) is 0 Å². The van der Waals surface area contributed by atoms with Crippen molar-refractivity contribution in [2.75, 3.05) is 13.1 Å². The van der Waals surface area contributed by atoms with Gasteiger partial charge in [-0.2, -0.15) is 0 Å². The fourth-order valence-electron chi connectivity index (χ4n) is 6.68. The molecule has 0 bridgehead atoms. The van der Waals surface area contributed by atoms with Crippen molar-refractivity contribution in [2.24, 2.45) is 5.92 Å². The molecule has 2 aliphatic rings. The molecule has 7 N–H and O–H groups in total. The molecule has 5 rings (SSSR count). The quantitative estimate of drug-likeness (QED) is 0.192. The highest BCUT2D eigenvalue weighted by Gasteiger charge is 2.42. The van der Waals surface area contributed by atoms with Gasteiger partial charge in [-0.3, -0.25) is 33.8 Å². The molecular weight excluding hydrogens is 668 g/mol. The van der Waals surface area contributed by atoms with Gasteiger partial charge in [0.05, 0.1) is 6.10 Å². The molecule has 0 spiro atoms. The van der Waals surface area contributed by atoms with Crippen molar-refractivity contribution in [2.45, 2.75) is 95.6 Å². The molecule has 1 aromatic carbocycles. The SMILES string of the molecule is CC(C)C[C@H]1NC(=O)[C@H](Cc2c[nH]c3ccccc23)NC(=O)[C@@H](C)NC(=O)[C@@H](NC(=O)c2ccccn2)CCCCNC(=O)[C@@H]2C[C@@H](O)CN2C1=O. The number of aromatic nitrogens is 2. The van der Waals surface area contributed by atoms with Crippen LogP contribution in [0.5, 0.6) is 0 Å². The standard InChI is InChI=1S/C37H48N8O7/c1-21(2)16-30-37(52)45-20-24(46)18-31(45)36(51)39-15-9-7-13-28(42-33(48)27-12-6-8-14-38-27)34(49)41-22(3)32(47)43-29(35(50)44-30)17-23-19-40-26-11-5-4-10-25(23)26/h4-6,8,10-12,14,19,21-22,24,28-31,40,46H,7,9,13,15-18,20H2,1-3H3,(H,39,51)(H,41,49)(H,42,48)(H,43,47)(H,44,50)/t22-,24-,28+,29+,30-,31+/m1/s1. The minimum absolute atomic E-state index is 0.0290. The van der Waals surface area contributed by atoms with Crippen LogP contribution in [0.4, 0.5) is 0 Å². The number of aliphatic hydroxyl groups is 1. The zero-order valence-electron chi connectivity index (χ0n) is 29.7. The Kier molecular flexibility index (Phi) is 12.6. The number of aliphatic hydroxyl groups excluding tert-OH is 1. The van der Waals surface area contributed by atoms with E-state index in [9.17, 15) is 33.9 Å². The van der Waals surface area contributed by atoms with Crippen LogP contribution < -0.4 is 26.6 Å². The molecule has 2 aliphatic heterocycles. The van der Waals surface area contributed by atoms with Gasteiger partial charge >= 0.3 is 0 Å². The van der Waals surface area contributed by atoms with Crippen LogP contribution in [0.3, 0.4) is 0 Å². The monoisotopic (exact) mass is 716 g/mol. The number of amides is 6. The summed E-state index contributed by atoms with van der Waals surface area (Å²) in [5, 5.41) is 25.2. The number of nitrogens with one attached hydrogen (secondary N) is 6. The van der Waals surface area contributed by atoms with E-state index in [1.807, 2.05) is 38.1 Å². The molecule has 6 amide bonds. The predicted molar refractivity (Wildman–Crippen MR) is 191 cm³/mol. The van der Waals surface area contributed by atoms with Crippen LogP contribution in [-0.4, -0.2) is 105 Å². The lowest BCUT2D eigenvalue weighted by atomic mass is 10.00. The van der Waals surface area contributed by atoms with E-state index in [0.29, 0.717) is 12.8 Å². The smallest absolute Gasteiger partial charge is 0.270 e. The van der Waals surface area contributed by atoms with Crippen LogP contribution in [0.1, 0.15) is 68.9 Å². The van der Waals surface area contributed by atoms with E-state index < -0.39 is 71.8 Å². The minimum atomic E-state index is -1.17. The number of carbonyl (C=O) groups is 6. The molecule has 0 saturated carbocycles. The average molecular weight is 717 g/mol. The second-order valence-corrected chi connectivity index (χ2v) is 14.0. The van der Waals surface area contributed by atoms with Gasteiger partial charge in [0.15, 0.2) is 0 Å². The third kappa shape index (κ3) is 9.51. The van der Waals surface area contributed by atoms with Crippen LogP contribution in [0.25, 0.3) is 10.9 Å². The molecule has 6 atom stereocenters. The summed E-state index contributed by atoms with van der Waals surface area (Å²) in [7, 11) is 0. The Morgan fingerprint density at radius 3 is 2.44 bits per heavy atom. The molecule has 2 aromatic heterocycles. The number of pyridine rings is 1. The third-order valence-electron chi connectivity index (χ3n) is 9.41. The number of H-pyrrole nitrogens is 1. The highest BCUT2D eigenvalue weighted by molar-refractivity contribution is 5.98. The number of nitrogens with zero attached hydrogens (tertiary/aromatic N) is 2. The maximum atomic E-state index is 14.1. The summed E-state index contributed by atoms with van der Waals surface area (Å²) in [6, 6.07) is 7.03. The molecule has 0 unspecified atom stereocenters. The second-order valence-electron chi connectivity index (χ2n) is 14.0. The van der Waals surface area contributed by atoms with Crippen molar-refractivity contribution < 1.29 is 33.9 Å². The molecule has 278 valence electrons. The maximum Gasteiger partial charge on any atom is 0.270 e. The minimum Gasteiger partial charge on any atom is -0.391 e. The van der Waals surface area contributed by atoms with Crippen molar-refractivity contribution in [3.63, 3.8) is 0 Å². The summed E-state index contributed by atoms with van der Waals surface area (Å²) in [4.78, 5) is 90.3. The predicted octanol–water partition coefficient (Wildman–Crippen LogP) is 0.686. The summed E-state index contributed by atoms with van der Waals surface area (Å²) < 4.78 is 0. The van der Waals surface area contributed by atoms with Crippen molar-refractivity contribution in [3.8, 4) is 0 Å². The number of para-hydroxylation sites is 1. The summed E-state index contributed by atoms with van der Waals surface area (Å²) in [6.07, 6.45) is 3.67. The molecule has 2 fully saturated rings. The largest absolute Gasteiger partial charge is 0.391 e. The Hall–Kier alpha value is -5.31. The first-order chi connectivity index (χ1) is 24.9. The molecule has 4 heterocycles. The molecule has 2 saturated heterocycles. The van der Waals surface area contributed by atoms with Crippen molar-refractivity contribution in [1.29, 1.82) is 0 Å². The van der Waals surface area contributed by atoms with Crippen molar-refractivity contribution in [3.05, 3.63) is 66.1 Å². The number of carbonyl (C=O) groups excluding carboxylic acids is 6. The highest BCUT2D eigenvalue weighted by atomic mass is 16.3. The number of hydrogen-bond acceptors (Lipinski definition) is 8.